The summed E-state index contributed by atoms with van der Waals surface area (Å²) in [5.74, 6) is -0.447. The number of carbonyl (C=O) groups excluding carboxylic acids is 2. The number of amides is 2. The van der Waals surface area contributed by atoms with E-state index in [0.717, 1.165) is 14.9 Å². The van der Waals surface area contributed by atoms with Crippen LogP contribution in [0.3, 0.4) is 0 Å². The molecule has 0 aliphatic carbocycles. The van der Waals surface area contributed by atoms with Gasteiger partial charge in [0.25, 0.3) is 11.6 Å². The number of halogens is 1. The predicted molar refractivity (Wildman–Crippen MR) is 88.3 cm³/mol. The molecule has 1 fully saturated rings. The number of benzene rings is 2. The van der Waals surface area contributed by atoms with Gasteiger partial charge in [0.15, 0.2) is 0 Å². The zero-order valence-electron chi connectivity index (χ0n) is 11.8. The van der Waals surface area contributed by atoms with Crippen molar-refractivity contribution in [1.82, 2.24) is 9.62 Å². The van der Waals surface area contributed by atoms with Crippen molar-refractivity contribution in [1.29, 1.82) is 0 Å². The zero-order valence-corrected chi connectivity index (χ0v) is 14.2. The highest BCUT2D eigenvalue weighted by atomic mass is 79.9. The maximum atomic E-state index is 12.5. The molecular weight excluding hydrogens is 380 g/mol. The van der Waals surface area contributed by atoms with E-state index in [1.54, 1.807) is 4.31 Å². The van der Waals surface area contributed by atoms with Gasteiger partial charge in [-0.05, 0) is 35.7 Å². The predicted octanol–water partition coefficient (Wildman–Crippen LogP) is 3.39. The highest BCUT2D eigenvalue weighted by molar-refractivity contribution is 9.10. The van der Waals surface area contributed by atoms with Crippen LogP contribution in [0.5, 0.6) is 0 Å². The molecule has 1 N–H and O–H groups in total. The molecule has 7 heteroatoms. The Labute approximate surface area is 145 Å². The van der Waals surface area contributed by atoms with Gasteiger partial charge in [0.2, 0.25) is 0 Å². The fraction of sp³-hybridized carbons (Fsp3) is 0.125. The molecule has 0 bridgehead atoms. The van der Waals surface area contributed by atoms with E-state index in [-0.39, 0.29) is 0 Å². The summed E-state index contributed by atoms with van der Waals surface area (Å²) >= 11 is 4.83. The molecule has 23 heavy (non-hydrogen) atoms. The summed E-state index contributed by atoms with van der Waals surface area (Å²) in [5.41, 5.74) is 0.319. The standard InChI is InChI=1S/C16H11BrN2O3S/c17-11-7-5-10(6-8-11)9-19-16(14(20)18-15(21)22-16)12-3-1-2-4-13(12)23-19/h1-8H,9H2,(H,18,20,21). The van der Waals surface area contributed by atoms with Crippen molar-refractivity contribution < 1.29 is 14.3 Å². The number of fused-ring (bicyclic) bond motifs is 2. The molecule has 0 aromatic heterocycles. The van der Waals surface area contributed by atoms with E-state index in [0.29, 0.717) is 12.1 Å². The van der Waals surface area contributed by atoms with E-state index in [9.17, 15) is 9.59 Å². The Kier molecular flexibility index (Phi) is 3.44. The second-order valence-corrected chi connectivity index (χ2v) is 7.22. The van der Waals surface area contributed by atoms with Crippen molar-refractivity contribution in [2.45, 2.75) is 17.2 Å². The van der Waals surface area contributed by atoms with Gasteiger partial charge in [-0.3, -0.25) is 10.1 Å². The minimum Gasteiger partial charge on any atom is -0.412 e. The molecule has 4 rings (SSSR count). The highest BCUT2D eigenvalue weighted by Crippen LogP contribution is 2.51. The number of alkyl carbamates (subject to hydrolysis) is 1. The van der Waals surface area contributed by atoms with E-state index in [1.807, 2.05) is 48.5 Å². The van der Waals surface area contributed by atoms with Crippen LogP contribution in [-0.2, 0) is 21.8 Å². The molecule has 1 spiro atoms. The van der Waals surface area contributed by atoms with E-state index >= 15 is 0 Å². The number of nitrogens with one attached hydrogen (secondary N) is 1. The number of carbonyl (C=O) groups is 2. The zero-order chi connectivity index (χ0) is 16.0. The minimum atomic E-state index is -1.40. The molecule has 5 nitrogen and oxygen atoms in total. The van der Waals surface area contributed by atoms with Crippen LogP contribution in [0.2, 0.25) is 0 Å². The van der Waals surface area contributed by atoms with E-state index in [2.05, 4.69) is 21.2 Å². The number of rotatable bonds is 2. The quantitative estimate of drug-likeness (QED) is 0.796. The monoisotopic (exact) mass is 390 g/mol. The number of hydrogen-bond donors (Lipinski definition) is 1. The van der Waals surface area contributed by atoms with Crippen molar-refractivity contribution in [2.75, 3.05) is 0 Å². The van der Waals surface area contributed by atoms with Gasteiger partial charge >= 0.3 is 6.09 Å². The SMILES string of the molecule is O=C1NC(=O)C2(O1)c1ccccc1SN2Cc1ccc(Br)cc1. The Hall–Kier alpha value is -1.83. The molecule has 1 unspecified atom stereocenters. The average Bonchev–Trinajstić information content (AvgIpc) is 3.00. The van der Waals surface area contributed by atoms with Crippen LogP contribution in [0.4, 0.5) is 4.79 Å². The Morgan fingerprint density at radius 1 is 1.13 bits per heavy atom. The molecule has 2 amide bonds. The van der Waals surface area contributed by atoms with Crippen molar-refractivity contribution in [3.63, 3.8) is 0 Å². The third-order valence-electron chi connectivity index (χ3n) is 3.82. The first-order chi connectivity index (χ1) is 11.1. The van der Waals surface area contributed by atoms with E-state index in [1.165, 1.54) is 11.9 Å². The fourth-order valence-electron chi connectivity index (χ4n) is 2.77. The van der Waals surface area contributed by atoms with Gasteiger partial charge in [0.05, 0.1) is 0 Å². The Morgan fingerprint density at radius 3 is 2.57 bits per heavy atom. The molecule has 1 saturated heterocycles. The Bertz CT molecular complexity index is 811. The number of nitrogens with zero attached hydrogens (tertiary/aromatic N) is 1. The first-order valence-electron chi connectivity index (χ1n) is 6.93. The molecule has 116 valence electrons. The van der Waals surface area contributed by atoms with Gasteiger partial charge < -0.3 is 4.74 Å². The lowest BCUT2D eigenvalue weighted by molar-refractivity contribution is -0.142. The summed E-state index contributed by atoms with van der Waals surface area (Å²) in [4.78, 5) is 25.1. The number of hydrogen-bond acceptors (Lipinski definition) is 5. The van der Waals surface area contributed by atoms with Crippen molar-refractivity contribution in [2.24, 2.45) is 0 Å². The van der Waals surface area contributed by atoms with Crippen LogP contribution in [-0.4, -0.2) is 16.3 Å². The second-order valence-electron chi connectivity index (χ2n) is 5.24. The highest BCUT2D eigenvalue weighted by Gasteiger charge is 2.60. The lowest BCUT2D eigenvalue weighted by Crippen LogP contribution is -2.45. The topological polar surface area (TPSA) is 58.6 Å². The first-order valence-corrected chi connectivity index (χ1v) is 8.50. The van der Waals surface area contributed by atoms with Gasteiger partial charge in [0.1, 0.15) is 0 Å². The van der Waals surface area contributed by atoms with Crippen LogP contribution in [0, 0.1) is 0 Å². The van der Waals surface area contributed by atoms with Gasteiger partial charge in [-0.25, -0.2) is 4.79 Å². The van der Waals surface area contributed by atoms with Crippen molar-refractivity contribution >= 4 is 39.9 Å². The lowest BCUT2D eigenvalue weighted by Gasteiger charge is -2.29. The van der Waals surface area contributed by atoms with Crippen LogP contribution in [0.25, 0.3) is 0 Å². The average molecular weight is 391 g/mol. The molecule has 2 aliphatic rings. The molecule has 1 atom stereocenters. The first kappa shape index (κ1) is 14.7. The summed E-state index contributed by atoms with van der Waals surface area (Å²) in [6.45, 7) is 0.466. The van der Waals surface area contributed by atoms with Gasteiger partial charge in [-0.2, -0.15) is 4.31 Å². The number of imide groups is 1. The summed E-state index contributed by atoms with van der Waals surface area (Å²) in [7, 11) is 0. The van der Waals surface area contributed by atoms with Crippen LogP contribution >= 0.6 is 27.9 Å². The van der Waals surface area contributed by atoms with Gasteiger partial charge in [-0.1, -0.05) is 46.3 Å². The molecule has 2 aromatic rings. The van der Waals surface area contributed by atoms with Crippen molar-refractivity contribution in [3.05, 3.63) is 64.1 Å². The van der Waals surface area contributed by atoms with E-state index in [4.69, 9.17) is 4.74 Å². The molecule has 2 aromatic carbocycles. The summed E-state index contributed by atoms with van der Waals surface area (Å²) in [5, 5.41) is 2.25. The fourth-order valence-corrected chi connectivity index (χ4v) is 4.27. The molecule has 2 heterocycles. The summed E-state index contributed by atoms with van der Waals surface area (Å²) < 4.78 is 8.24. The van der Waals surface area contributed by atoms with Crippen LogP contribution < -0.4 is 5.32 Å². The smallest absolute Gasteiger partial charge is 0.412 e. The van der Waals surface area contributed by atoms with E-state index < -0.39 is 17.7 Å². The minimum absolute atomic E-state index is 0.447. The third kappa shape index (κ3) is 2.27. The second kappa shape index (κ2) is 5.36. The van der Waals surface area contributed by atoms with Gasteiger partial charge in [-0.15, -0.1) is 0 Å². The van der Waals surface area contributed by atoms with Crippen LogP contribution in [0.1, 0.15) is 11.1 Å². The summed E-state index contributed by atoms with van der Waals surface area (Å²) in [6.07, 6.45) is -0.715. The largest absolute Gasteiger partial charge is 0.416 e. The maximum Gasteiger partial charge on any atom is 0.416 e. The van der Waals surface area contributed by atoms with Gasteiger partial charge in [0, 0.05) is 21.5 Å². The third-order valence-corrected chi connectivity index (χ3v) is 5.50. The molecule has 0 saturated carbocycles. The molecular formula is C16H11BrN2O3S. The number of ether oxygens (including phenoxy) is 1. The lowest BCUT2D eigenvalue weighted by atomic mass is 10.0. The van der Waals surface area contributed by atoms with Crippen molar-refractivity contribution in [3.8, 4) is 0 Å². The summed E-state index contributed by atoms with van der Waals surface area (Å²) in [6, 6.07) is 15.3. The molecule has 0 radical (unpaired) electrons. The maximum absolute atomic E-state index is 12.5. The molecule has 2 aliphatic heterocycles. The normalized spacial score (nSPS) is 23.0. The Balaban J connectivity index is 1.76. The van der Waals surface area contributed by atoms with Crippen LogP contribution in [0.15, 0.2) is 57.9 Å². The Morgan fingerprint density at radius 2 is 1.87 bits per heavy atom.